The van der Waals surface area contributed by atoms with Crippen molar-refractivity contribution in [3.05, 3.63) is 29.3 Å². The van der Waals surface area contributed by atoms with Gasteiger partial charge in [0.2, 0.25) is 5.91 Å². The third-order valence-electron chi connectivity index (χ3n) is 4.50. The highest BCUT2D eigenvalue weighted by atomic mass is 16.5. The van der Waals surface area contributed by atoms with E-state index in [1.807, 2.05) is 20.0 Å². The molecule has 0 aromatic heterocycles. The van der Waals surface area contributed by atoms with Gasteiger partial charge in [-0.05, 0) is 51.1 Å². The van der Waals surface area contributed by atoms with Gasteiger partial charge < -0.3 is 15.4 Å². The van der Waals surface area contributed by atoms with Crippen LogP contribution < -0.4 is 10.6 Å². The summed E-state index contributed by atoms with van der Waals surface area (Å²) < 4.78 is 4.94. The standard InChI is InChI=1S/C18H27N3O3/c1-13-14(17(22)19-10-12-24-3)7-6-8-15(13)20-18(23)16-9-4-5-11-21(16)2/h6-8,16H,4-5,9-12H2,1-3H3,(H,19,22)(H,20,23). The van der Waals surface area contributed by atoms with E-state index in [2.05, 4.69) is 15.5 Å². The van der Waals surface area contributed by atoms with Gasteiger partial charge in [0.25, 0.3) is 5.91 Å². The number of carbonyl (C=O) groups is 2. The molecule has 0 saturated carbocycles. The van der Waals surface area contributed by atoms with Crippen LogP contribution in [0.3, 0.4) is 0 Å². The van der Waals surface area contributed by atoms with E-state index in [1.165, 1.54) is 0 Å². The molecule has 0 aliphatic carbocycles. The summed E-state index contributed by atoms with van der Waals surface area (Å²) in [5, 5.41) is 5.79. The summed E-state index contributed by atoms with van der Waals surface area (Å²) in [7, 11) is 3.58. The topological polar surface area (TPSA) is 70.7 Å². The number of likely N-dealkylation sites (N-methyl/N-ethyl adjacent to an activating group) is 1. The number of rotatable bonds is 6. The second-order valence-electron chi connectivity index (χ2n) is 6.21. The van der Waals surface area contributed by atoms with Crippen molar-refractivity contribution in [1.29, 1.82) is 0 Å². The number of nitrogens with one attached hydrogen (secondary N) is 2. The smallest absolute Gasteiger partial charge is 0.251 e. The van der Waals surface area contributed by atoms with Crippen LogP contribution in [0.2, 0.25) is 0 Å². The van der Waals surface area contributed by atoms with Gasteiger partial charge in [-0.1, -0.05) is 12.5 Å². The number of amides is 2. The van der Waals surface area contributed by atoms with E-state index in [0.717, 1.165) is 31.4 Å². The summed E-state index contributed by atoms with van der Waals surface area (Å²) in [5.41, 5.74) is 2.04. The monoisotopic (exact) mass is 333 g/mol. The normalized spacial score (nSPS) is 18.2. The Morgan fingerprint density at radius 1 is 1.33 bits per heavy atom. The van der Waals surface area contributed by atoms with Crippen LogP contribution in [0.5, 0.6) is 0 Å². The van der Waals surface area contributed by atoms with E-state index in [1.54, 1.807) is 19.2 Å². The molecule has 1 aromatic rings. The first kappa shape index (κ1) is 18.4. The molecule has 2 rings (SSSR count). The van der Waals surface area contributed by atoms with Crippen LogP contribution in [0.15, 0.2) is 18.2 Å². The quantitative estimate of drug-likeness (QED) is 0.779. The Morgan fingerprint density at radius 2 is 2.12 bits per heavy atom. The first-order chi connectivity index (χ1) is 11.5. The fraction of sp³-hybridized carbons (Fsp3) is 0.556. The van der Waals surface area contributed by atoms with Crippen LogP contribution in [-0.4, -0.2) is 56.6 Å². The minimum atomic E-state index is -0.157. The maximum absolute atomic E-state index is 12.6. The Bertz CT molecular complexity index is 589. The van der Waals surface area contributed by atoms with Crippen LogP contribution in [0.1, 0.15) is 35.2 Å². The van der Waals surface area contributed by atoms with Gasteiger partial charge in [-0.25, -0.2) is 0 Å². The highest BCUT2D eigenvalue weighted by Crippen LogP contribution is 2.21. The summed E-state index contributed by atoms with van der Waals surface area (Å²) in [5.74, 6) is -0.160. The summed E-state index contributed by atoms with van der Waals surface area (Å²) in [6.07, 6.45) is 3.08. The van der Waals surface area contributed by atoms with Gasteiger partial charge in [-0.3, -0.25) is 14.5 Å². The number of nitrogens with zero attached hydrogens (tertiary/aromatic N) is 1. The highest BCUT2D eigenvalue weighted by Gasteiger charge is 2.26. The number of ether oxygens (including phenoxy) is 1. The lowest BCUT2D eigenvalue weighted by molar-refractivity contribution is -0.121. The summed E-state index contributed by atoms with van der Waals surface area (Å²) >= 11 is 0. The molecule has 1 atom stereocenters. The molecule has 1 saturated heterocycles. The number of hydrogen-bond acceptors (Lipinski definition) is 4. The van der Waals surface area contributed by atoms with Crippen molar-refractivity contribution in [2.24, 2.45) is 0 Å². The Kier molecular flexibility index (Phi) is 6.75. The second-order valence-corrected chi connectivity index (χ2v) is 6.21. The SMILES string of the molecule is COCCNC(=O)c1cccc(NC(=O)C2CCCCN2C)c1C. The molecule has 0 bridgehead atoms. The molecule has 1 aliphatic rings. The van der Waals surface area contributed by atoms with E-state index in [9.17, 15) is 9.59 Å². The van der Waals surface area contributed by atoms with Crippen molar-refractivity contribution < 1.29 is 14.3 Å². The molecule has 0 radical (unpaired) electrons. The van der Waals surface area contributed by atoms with Crippen LogP contribution >= 0.6 is 0 Å². The molecule has 1 aromatic carbocycles. The summed E-state index contributed by atoms with van der Waals surface area (Å²) in [4.78, 5) is 26.9. The van der Waals surface area contributed by atoms with Crippen LogP contribution in [0, 0.1) is 6.92 Å². The second kappa shape index (κ2) is 8.80. The van der Waals surface area contributed by atoms with Gasteiger partial charge in [-0.2, -0.15) is 0 Å². The number of methoxy groups -OCH3 is 1. The van der Waals surface area contributed by atoms with Crippen molar-refractivity contribution in [1.82, 2.24) is 10.2 Å². The Morgan fingerprint density at radius 3 is 2.83 bits per heavy atom. The van der Waals surface area contributed by atoms with Crippen molar-refractivity contribution in [3.63, 3.8) is 0 Å². The molecule has 132 valence electrons. The highest BCUT2D eigenvalue weighted by molar-refractivity contribution is 6.00. The van der Waals surface area contributed by atoms with Crippen LogP contribution in [0.4, 0.5) is 5.69 Å². The molecule has 0 spiro atoms. The third-order valence-corrected chi connectivity index (χ3v) is 4.50. The number of piperidine rings is 1. The van der Waals surface area contributed by atoms with E-state index in [4.69, 9.17) is 4.74 Å². The van der Waals surface area contributed by atoms with Crippen molar-refractivity contribution in [2.75, 3.05) is 39.2 Å². The number of benzene rings is 1. The van der Waals surface area contributed by atoms with Gasteiger partial charge in [0.1, 0.15) is 0 Å². The van der Waals surface area contributed by atoms with Gasteiger partial charge in [-0.15, -0.1) is 0 Å². The molecule has 2 amide bonds. The van der Waals surface area contributed by atoms with Gasteiger partial charge >= 0.3 is 0 Å². The zero-order valence-corrected chi connectivity index (χ0v) is 14.7. The fourth-order valence-corrected chi connectivity index (χ4v) is 3.00. The first-order valence-electron chi connectivity index (χ1n) is 8.42. The molecule has 1 unspecified atom stereocenters. The maximum Gasteiger partial charge on any atom is 0.251 e. The summed E-state index contributed by atoms with van der Waals surface area (Å²) in [6, 6.07) is 5.29. The number of likely N-dealkylation sites (tertiary alicyclic amines) is 1. The largest absolute Gasteiger partial charge is 0.383 e. The summed E-state index contributed by atoms with van der Waals surface area (Å²) in [6.45, 7) is 3.72. The van der Waals surface area contributed by atoms with E-state index >= 15 is 0 Å². The minimum absolute atomic E-state index is 0.00255. The first-order valence-corrected chi connectivity index (χ1v) is 8.42. The molecule has 2 N–H and O–H groups in total. The number of anilines is 1. The van der Waals surface area contributed by atoms with Crippen LogP contribution in [0.25, 0.3) is 0 Å². The average molecular weight is 333 g/mol. The molecule has 24 heavy (non-hydrogen) atoms. The number of hydrogen-bond donors (Lipinski definition) is 2. The van der Waals surface area contributed by atoms with Gasteiger partial charge in [0, 0.05) is 24.9 Å². The predicted molar refractivity (Wildman–Crippen MR) is 94.3 cm³/mol. The lowest BCUT2D eigenvalue weighted by Gasteiger charge is -2.31. The van der Waals surface area contributed by atoms with Crippen molar-refractivity contribution in [3.8, 4) is 0 Å². The predicted octanol–water partition coefficient (Wildman–Crippen LogP) is 1.79. The molecule has 1 aliphatic heterocycles. The van der Waals surface area contributed by atoms with E-state index < -0.39 is 0 Å². The van der Waals surface area contributed by atoms with Crippen molar-refractivity contribution in [2.45, 2.75) is 32.2 Å². The molecule has 6 heteroatoms. The average Bonchev–Trinajstić information content (AvgIpc) is 2.57. The molecule has 1 heterocycles. The van der Waals surface area contributed by atoms with E-state index in [0.29, 0.717) is 24.4 Å². The van der Waals surface area contributed by atoms with Crippen molar-refractivity contribution >= 4 is 17.5 Å². The van der Waals surface area contributed by atoms with Gasteiger partial charge in [0.15, 0.2) is 0 Å². The third kappa shape index (κ3) is 4.55. The zero-order chi connectivity index (χ0) is 17.5. The minimum Gasteiger partial charge on any atom is -0.383 e. The molecular weight excluding hydrogens is 306 g/mol. The zero-order valence-electron chi connectivity index (χ0n) is 14.7. The molecular formula is C18H27N3O3. The Hall–Kier alpha value is -1.92. The van der Waals surface area contributed by atoms with Gasteiger partial charge in [0.05, 0.1) is 12.6 Å². The lowest BCUT2D eigenvalue weighted by Crippen LogP contribution is -2.44. The van der Waals surface area contributed by atoms with E-state index in [-0.39, 0.29) is 17.9 Å². The fourth-order valence-electron chi connectivity index (χ4n) is 3.00. The molecule has 1 fully saturated rings. The Labute approximate surface area is 143 Å². The Balaban J connectivity index is 2.06. The molecule has 6 nitrogen and oxygen atoms in total. The lowest BCUT2D eigenvalue weighted by atomic mass is 10.0. The van der Waals surface area contributed by atoms with Crippen LogP contribution in [-0.2, 0) is 9.53 Å². The maximum atomic E-state index is 12.6. The number of carbonyl (C=O) groups excluding carboxylic acids is 2.